The summed E-state index contributed by atoms with van der Waals surface area (Å²) in [4.78, 5) is 20.8. The van der Waals surface area contributed by atoms with Gasteiger partial charge in [-0.1, -0.05) is 23.4 Å². The number of nitrogens with zero attached hydrogens (tertiary/aromatic N) is 5. The first kappa shape index (κ1) is 17.2. The molecule has 0 radical (unpaired) electrons. The molecule has 0 bridgehead atoms. The smallest absolute Gasteiger partial charge is 0.237 e. The lowest BCUT2D eigenvalue weighted by Crippen LogP contribution is -2.22. The quantitative estimate of drug-likeness (QED) is 0.558. The summed E-state index contributed by atoms with van der Waals surface area (Å²) in [6.07, 6.45) is 3.14. The summed E-state index contributed by atoms with van der Waals surface area (Å²) in [7, 11) is 1.80. The number of amides is 1. The predicted molar refractivity (Wildman–Crippen MR) is 96.4 cm³/mol. The van der Waals surface area contributed by atoms with E-state index < -0.39 is 5.25 Å². The molecule has 25 heavy (non-hydrogen) atoms. The first-order valence-electron chi connectivity index (χ1n) is 7.29. The van der Waals surface area contributed by atoms with Crippen molar-refractivity contribution in [2.45, 2.75) is 17.2 Å². The highest BCUT2D eigenvalue weighted by molar-refractivity contribution is 8.00. The third-order valence-corrected chi connectivity index (χ3v) is 4.94. The molecular formula is C16H13ClN6OS. The number of halogens is 1. The highest BCUT2D eigenvalue weighted by Gasteiger charge is 2.18. The number of hydrogen-bond acceptors (Lipinski definition) is 6. The number of carbonyl (C=O) groups excluding carboxylic acids is 1. The van der Waals surface area contributed by atoms with Gasteiger partial charge < -0.3 is 5.32 Å². The number of thioether (sulfide) groups is 1. The minimum absolute atomic E-state index is 0.193. The molecule has 3 rings (SSSR count). The highest BCUT2D eigenvalue weighted by atomic mass is 35.5. The van der Waals surface area contributed by atoms with E-state index in [2.05, 4.69) is 20.4 Å². The predicted octanol–water partition coefficient (Wildman–Crippen LogP) is 3.01. The first-order chi connectivity index (χ1) is 12.0. The maximum Gasteiger partial charge on any atom is 0.237 e. The molecule has 0 saturated heterocycles. The molecule has 7 nitrogen and oxygen atoms in total. The molecule has 1 N–H and O–H groups in total. The highest BCUT2D eigenvalue weighted by Crippen LogP contribution is 2.28. The van der Waals surface area contributed by atoms with Gasteiger partial charge in [-0.25, -0.2) is 9.97 Å². The fraction of sp³-hybridized carbons (Fsp3) is 0.188. The summed E-state index contributed by atoms with van der Waals surface area (Å²) in [5, 5.41) is 17.2. The van der Waals surface area contributed by atoms with Gasteiger partial charge in [-0.3, -0.25) is 9.48 Å². The summed E-state index contributed by atoms with van der Waals surface area (Å²) in [6, 6.07) is 6.75. The second-order valence-electron chi connectivity index (χ2n) is 5.24. The van der Waals surface area contributed by atoms with Crippen LogP contribution in [-0.4, -0.2) is 30.9 Å². The van der Waals surface area contributed by atoms with Crippen LogP contribution in [0.25, 0.3) is 11.0 Å². The second-order valence-corrected chi connectivity index (χ2v) is 6.98. The van der Waals surface area contributed by atoms with E-state index in [0.29, 0.717) is 26.9 Å². The van der Waals surface area contributed by atoms with E-state index in [-0.39, 0.29) is 5.91 Å². The van der Waals surface area contributed by atoms with Crippen LogP contribution < -0.4 is 5.32 Å². The van der Waals surface area contributed by atoms with Crippen LogP contribution in [0.3, 0.4) is 0 Å². The van der Waals surface area contributed by atoms with Crippen LogP contribution in [0, 0.1) is 11.3 Å². The van der Waals surface area contributed by atoms with Crippen molar-refractivity contribution >= 4 is 46.0 Å². The van der Waals surface area contributed by atoms with Crippen molar-refractivity contribution < 1.29 is 4.79 Å². The van der Waals surface area contributed by atoms with Gasteiger partial charge in [0.05, 0.1) is 27.4 Å². The Morgan fingerprint density at radius 3 is 2.96 bits per heavy atom. The summed E-state index contributed by atoms with van der Waals surface area (Å²) in [6.45, 7) is 1.79. The molecule has 9 heteroatoms. The van der Waals surface area contributed by atoms with E-state index in [9.17, 15) is 4.79 Å². The van der Waals surface area contributed by atoms with Crippen LogP contribution in [0.4, 0.5) is 5.69 Å². The molecular weight excluding hydrogens is 360 g/mol. The zero-order valence-electron chi connectivity index (χ0n) is 13.4. The van der Waals surface area contributed by atoms with Crippen LogP contribution in [0.15, 0.2) is 35.7 Å². The van der Waals surface area contributed by atoms with Gasteiger partial charge in [0.1, 0.15) is 17.4 Å². The number of carbonyl (C=O) groups is 1. The minimum atomic E-state index is -0.396. The van der Waals surface area contributed by atoms with Gasteiger partial charge in [-0.15, -0.1) is 0 Å². The van der Waals surface area contributed by atoms with Crippen LogP contribution in [0.1, 0.15) is 12.5 Å². The van der Waals surface area contributed by atoms with Gasteiger partial charge in [-0.05, 0) is 25.1 Å². The average molecular weight is 373 g/mol. The number of hydrogen-bond donors (Lipinski definition) is 1. The lowest BCUT2D eigenvalue weighted by molar-refractivity contribution is -0.115. The molecule has 0 aliphatic rings. The Labute approximate surface area is 153 Å². The molecule has 1 aromatic carbocycles. The summed E-state index contributed by atoms with van der Waals surface area (Å²) in [5.41, 5.74) is 1.61. The lowest BCUT2D eigenvalue weighted by atomic mass is 10.2. The lowest BCUT2D eigenvalue weighted by Gasteiger charge is -2.12. The van der Waals surface area contributed by atoms with E-state index in [1.165, 1.54) is 18.1 Å². The molecule has 2 heterocycles. The minimum Gasteiger partial charge on any atom is -0.325 e. The number of nitriles is 1. The number of benzene rings is 1. The summed E-state index contributed by atoms with van der Waals surface area (Å²) >= 11 is 7.31. The standard InChI is InChI=1S/C16H13ClN6OS/c1-9(15(24)22-11-4-3-10(6-18)13(17)5-11)25-16-12-7-21-23(2)14(12)19-8-20-16/h3-5,7-9H,1-2H3,(H,22,24). The maximum absolute atomic E-state index is 12.4. The Bertz CT molecular complexity index is 996. The summed E-state index contributed by atoms with van der Waals surface area (Å²) < 4.78 is 1.66. The zero-order chi connectivity index (χ0) is 18.0. The topological polar surface area (TPSA) is 96.5 Å². The van der Waals surface area contributed by atoms with Crippen molar-refractivity contribution in [1.29, 1.82) is 5.26 Å². The van der Waals surface area contributed by atoms with Gasteiger partial charge in [0, 0.05) is 12.7 Å². The molecule has 0 saturated carbocycles. The normalized spacial score (nSPS) is 11.9. The molecule has 0 aliphatic heterocycles. The molecule has 0 fully saturated rings. The number of aromatic nitrogens is 4. The Balaban J connectivity index is 1.74. The van der Waals surface area contributed by atoms with E-state index >= 15 is 0 Å². The molecule has 2 aromatic heterocycles. The van der Waals surface area contributed by atoms with Gasteiger partial charge in [0.2, 0.25) is 5.91 Å². The number of anilines is 1. The monoisotopic (exact) mass is 372 g/mol. The van der Waals surface area contributed by atoms with Gasteiger partial charge >= 0.3 is 0 Å². The Hall–Kier alpha value is -2.63. The van der Waals surface area contributed by atoms with E-state index in [1.807, 2.05) is 6.07 Å². The summed E-state index contributed by atoms with van der Waals surface area (Å²) in [5.74, 6) is -0.193. The Morgan fingerprint density at radius 1 is 1.44 bits per heavy atom. The molecule has 1 atom stereocenters. The Kier molecular flexibility index (Phi) is 4.88. The van der Waals surface area contributed by atoms with Crippen LogP contribution >= 0.6 is 23.4 Å². The van der Waals surface area contributed by atoms with Crippen molar-refractivity contribution in [3.05, 3.63) is 41.3 Å². The molecule has 0 aliphatic carbocycles. The second kappa shape index (κ2) is 7.09. The third-order valence-electron chi connectivity index (χ3n) is 3.51. The van der Waals surface area contributed by atoms with Gasteiger partial charge in [-0.2, -0.15) is 10.4 Å². The van der Waals surface area contributed by atoms with Crippen molar-refractivity contribution in [2.24, 2.45) is 7.05 Å². The average Bonchev–Trinajstić information content (AvgIpc) is 2.97. The number of fused-ring (bicyclic) bond motifs is 1. The van der Waals surface area contributed by atoms with Crippen molar-refractivity contribution in [3.8, 4) is 6.07 Å². The van der Waals surface area contributed by atoms with Crippen molar-refractivity contribution in [2.75, 3.05) is 5.32 Å². The first-order valence-corrected chi connectivity index (χ1v) is 8.55. The van der Waals surface area contributed by atoms with Gasteiger partial charge in [0.25, 0.3) is 0 Å². The fourth-order valence-corrected chi connectivity index (χ4v) is 3.29. The number of aryl methyl sites for hydroxylation is 1. The Morgan fingerprint density at radius 2 is 2.24 bits per heavy atom. The molecule has 0 spiro atoms. The maximum atomic E-state index is 12.4. The fourth-order valence-electron chi connectivity index (χ4n) is 2.18. The van der Waals surface area contributed by atoms with E-state index in [4.69, 9.17) is 16.9 Å². The van der Waals surface area contributed by atoms with Crippen molar-refractivity contribution in [3.63, 3.8) is 0 Å². The van der Waals surface area contributed by atoms with Gasteiger partial charge in [0.15, 0.2) is 5.65 Å². The largest absolute Gasteiger partial charge is 0.325 e. The number of rotatable bonds is 4. The number of nitrogens with one attached hydrogen (secondary N) is 1. The van der Waals surface area contributed by atoms with Crippen molar-refractivity contribution in [1.82, 2.24) is 19.7 Å². The molecule has 126 valence electrons. The molecule has 1 unspecified atom stereocenters. The third kappa shape index (κ3) is 3.57. The molecule has 3 aromatic rings. The van der Waals surface area contributed by atoms with Crippen LogP contribution in [0.2, 0.25) is 5.02 Å². The molecule has 1 amide bonds. The zero-order valence-corrected chi connectivity index (χ0v) is 15.0. The van der Waals surface area contributed by atoms with E-state index in [0.717, 1.165) is 5.39 Å². The van der Waals surface area contributed by atoms with Crippen LogP contribution in [0.5, 0.6) is 0 Å². The van der Waals surface area contributed by atoms with E-state index in [1.54, 1.807) is 43.0 Å². The van der Waals surface area contributed by atoms with Crippen LogP contribution in [-0.2, 0) is 11.8 Å². The SMILES string of the molecule is CC(Sc1ncnc2c1cnn2C)C(=O)Nc1ccc(C#N)c(Cl)c1.